The number of fused-ring (bicyclic) bond motifs is 1. The Balaban J connectivity index is 1.56. The van der Waals surface area contributed by atoms with Crippen LogP contribution in [0.25, 0.3) is 0 Å². The predicted molar refractivity (Wildman–Crippen MR) is 93.1 cm³/mol. The molecule has 0 fully saturated rings. The topological polar surface area (TPSA) is 52.0 Å². The van der Waals surface area contributed by atoms with Crippen molar-refractivity contribution in [3.8, 4) is 11.5 Å². The molecule has 1 heterocycles. The molecule has 1 aliphatic heterocycles. The second-order valence-electron chi connectivity index (χ2n) is 5.67. The highest BCUT2D eigenvalue weighted by Crippen LogP contribution is 2.32. The molecule has 126 valence electrons. The minimum atomic E-state index is -0.113. The standard InChI is InChI=1S/C17H16Cl2N2O3/c1-21(8-11-2-5-15-16(6-11)24-10-23-15)9-17(22)20-14-4-3-12(18)7-13(14)19/h2-7H,8-10H2,1H3,(H,20,22)/p+1. The molecule has 1 atom stereocenters. The molecule has 1 aliphatic rings. The van der Waals surface area contributed by atoms with Crippen molar-refractivity contribution < 1.29 is 19.2 Å². The number of anilines is 1. The molecule has 0 bridgehead atoms. The number of likely N-dealkylation sites (N-methyl/N-ethyl adjacent to an activating group) is 1. The largest absolute Gasteiger partial charge is 0.454 e. The summed E-state index contributed by atoms with van der Waals surface area (Å²) in [5, 5.41) is 3.75. The third kappa shape index (κ3) is 4.12. The van der Waals surface area contributed by atoms with Gasteiger partial charge in [-0.1, -0.05) is 23.2 Å². The van der Waals surface area contributed by atoms with Gasteiger partial charge in [0.2, 0.25) is 6.79 Å². The molecule has 0 saturated carbocycles. The first kappa shape index (κ1) is 16.9. The van der Waals surface area contributed by atoms with Crippen LogP contribution in [0.4, 0.5) is 5.69 Å². The number of rotatable bonds is 5. The first-order chi connectivity index (χ1) is 11.5. The molecule has 0 aliphatic carbocycles. The highest BCUT2D eigenvalue weighted by molar-refractivity contribution is 6.36. The van der Waals surface area contributed by atoms with E-state index in [1.807, 2.05) is 25.2 Å². The number of halogens is 2. The summed E-state index contributed by atoms with van der Waals surface area (Å²) in [6.07, 6.45) is 0. The lowest BCUT2D eigenvalue weighted by Gasteiger charge is -2.14. The molecular weight excluding hydrogens is 351 g/mol. The molecule has 0 aromatic heterocycles. The molecule has 1 amide bonds. The van der Waals surface area contributed by atoms with Crippen molar-refractivity contribution in [2.45, 2.75) is 6.54 Å². The van der Waals surface area contributed by atoms with Crippen molar-refractivity contribution in [3.05, 3.63) is 52.0 Å². The van der Waals surface area contributed by atoms with Gasteiger partial charge in [0.1, 0.15) is 6.54 Å². The van der Waals surface area contributed by atoms with Crippen molar-refractivity contribution in [1.29, 1.82) is 0 Å². The Hall–Kier alpha value is -1.95. The molecule has 0 spiro atoms. The number of quaternary nitrogens is 1. The van der Waals surface area contributed by atoms with Gasteiger partial charge >= 0.3 is 0 Å². The van der Waals surface area contributed by atoms with Crippen LogP contribution in [-0.2, 0) is 11.3 Å². The van der Waals surface area contributed by atoms with Gasteiger partial charge in [0, 0.05) is 10.6 Å². The molecule has 2 N–H and O–H groups in total. The minimum Gasteiger partial charge on any atom is -0.454 e. The van der Waals surface area contributed by atoms with E-state index < -0.39 is 0 Å². The fraction of sp³-hybridized carbons (Fsp3) is 0.235. The number of carbonyl (C=O) groups excluding carboxylic acids is 1. The number of carbonyl (C=O) groups is 1. The van der Waals surface area contributed by atoms with Crippen molar-refractivity contribution in [3.63, 3.8) is 0 Å². The van der Waals surface area contributed by atoms with Crippen LogP contribution < -0.4 is 19.7 Å². The lowest BCUT2D eigenvalue weighted by Crippen LogP contribution is -3.08. The number of ether oxygens (including phenoxy) is 2. The van der Waals surface area contributed by atoms with Crippen molar-refractivity contribution in [2.24, 2.45) is 0 Å². The molecule has 0 saturated heterocycles. The van der Waals surface area contributed by atoms with E-state index in [1.54, 1.807) is 18.2 Å². The second kappa shape index (κ2) is 7.30. The van der Waals surface area contributed by atoms with Crippen LogP contribution in [0.2, 0.25) is 10.0 Å². The fourth-order valence-electron chi connectivity index (χ4n) is 2.52. The zero-order valence-corrected chi connectivity index (χ0v) is 14.6. The van der Waals surface area contributed by atoms with E-state index in [-0.39, 0.29) is 12.7 Å². The Morgan fingerprint density at radius 2 is 1.96 bits per heavy atom. The van der Waals surface area contributed by atoms with Crippen LogP contribution in [0, 0.1) is 0 Å². The average Bonchev–Trinajstić information content (AvgIpc) is 2.97. The van der Waals surface area contributed by atoms with Gasteiger partial charge in [-0.25, -0.2) is 0 Å². The van der Waals surface area contributed by atoms with E-state index in [2.05, 4.69) is 5.32 Å². The third-order valence-corrected chi connectivity index (χ3v) is 4.16. The molecule has 24 heavy (non-hydrogen) atoms. The molecule has 2 aromatic carbocycles. The van der Waals surface area contributed by atoms with E-state index in [0.29, 0.717) is 28.8 Å². The summed E-state index contributed by atoms with van der Waals surface area (Å²) < 4.78 is 10.7. The van der Waals surface area contributed by atoms with Crippen LogP contribution >= 0.6 is 23.2 Å². The van der Waals surface area contributed by atoms with E-state index >= 15 is 0 Å². The monoisotopic (exact) mass is 367 g/mol. The van der Waals surface area contributed by atoms with E-state index in [4.69, 9.17) is 32.7 Å². The Morgan fingerprint density at radius 3 is 2.75 bits per heavy atom. The van der Waals surface area contributed by atoms with Gasteiger partial charge in [0.15, 0.2) is 18.0 Å². The van der Waals surface area contributed by atoms with Crippen molar-refractivity contribution in [1.82, 2.24) is 0 Å². The molecule has 1 unspecified atom stereocenters. The van der Waals surface area contributed by atoms with Gasteiger partial charge in [-0.15, -0.1) is 0 Å². The lowest BCUT2D eigenvalue weighted by molar-refractivity contribution is -0.885. The van der Waals surface area contributed by atoms with E-state index in [1.165, 1.54) is 0 Å². The highest BCUT2D eigenvalue weighted by Gasteiger charge is 2.16. The summed E-state index contributed by atoms with van der Waals surface area (Å²) in [6, 6.07) is 10.8. The van der Waals surface area contributed by atoms with Gasteiger partial charge in [0.25, 0.3) is 5.91 Å². The number of hydrogen-bond donors (Lipinski definition) is 2. The summed E-state index contributed by atoms with van der Waals surface area (Å²) in [5.41, 5.74) is 1.64. The maximum Gasteiger partial charge on any atom is 0.279 e. The SMILES string of the molecule is C[NH+](CC(=O)Nc1ccc(Cl)cc1Cl)Cc1ccc2c(c1)OCO2. The number of amides is 1. The molecule has 2 aromatic rings. The smallest absolute Gasteiger partial charge is 0.279 e. The van der Waals surface area contributed by atoms with Crippen molar-refractivity contribution in [2.75, 3.05) is 25.7 Å². The quantitative estimate of drug-likeness (QED) is 0.852. The number of hydrogen-bond acceptors (Lipinski definition) is 3. The lowest BCUT2D eigenvalue weighted by atomic mass is 10.2. The maximum absolute atomic E-state index is 12.2. The Morgan fingerprint density at radius 1 is 1.17 bits per heavy atom. The average molecular weight is 368 g/mol. The fourth-order valence-corrected chi connectivity index (χ4v) is 2.98. The molecule has 7 heteroatoms. The summed E-state index contributed by atoms with van der Waals surface area (Å²) >= 11 is 11.9. The Labute approximate surface area is 150 Å². The molecule has 3 rings (SSSR count). The first-order valence-corrected chi connectivity index (χ1v) is 8.21. The van der Waals surface area contributed by atoms with Crippen LogP contribution in [-0.4, -0.2) is 26.3 Å². The Kier molecular flexibility index (Phi) is 5.14. The summed E-state index contributed by atoms with van der Waals surface area (Å²) in [4.78, 5) is 13.2. The number of benzene rings is 2. The second-order valence-corrected chi connectivity index (χ2v) is 6.51. The van der Waals surface area contributed by atoms with Crippen LogP contribution in [0.5, 0.6) is 11.5 Å². The zero-order valence-electron chi connectivity index (χ0n) is 13.1. The normalized spacial score (nSPS) is 13.6. The summed E-state index contributed by atoms with van der Waals surface area (Å²) in [5.74, 6) is 1.39. The van der Waals surface area contributed by atoms with Gasteiger partial charge in [0.05, 0.1) is 17.8 Å². The predicted octanol–water partition coefficient (Wildman–Crippen LogP) is 2.38. The third-order valence-electron chi connectivity index (χ3n) is 3.61. The van der Waals surface area contributed by atoms with Crippen molar-refractivity contribution >= 4 is 34.8 Å². The van der Waals surface area contributed by atoms with Crippen LogP contribution in [0.15, 0.2) is 36.4 Å². The van der Waals surface area contributed by atoms with Gasteiger partial charge in [-0.2, -0.15) is 0 Å². The highest BCUT2D eigenvalue weighted by atomic mass is 35.5. The van der Waals surface area contributed by atoms with Crippen LogP contribution in [0.1, 0.15) is 5.56 Å². The van der Waals surface area contributed by atoms with E-state index in [9.17, 15) is 4.79 Å². The van der Waals surface area contributed by atoms with E-state index in [0.717, 1.165) is 22.0 Å². The van der Waals surface area contributed by atoms with Gasteiger partial charge in [-0.05, 0) is 36.4 Å². The summed E-state index contributed by atoms with van der Waals surface area (Å²) in [6.45, 7) is 1.26. The maximum atomic E-state index is 12.2. The van der Waals surface area contributed by atoms with Gasteiger partial charge in [-0.3, -0.25) is 4.79 Å². The zero-order chi connectivity index (χ0) is 17.1. The summed E-state index contributed by atoms with van der Waals surface area (Å²) in [7, 11) is 1.95. The Bertz CT molecular complexity index is 767. The molecule has 5 nitrogen and oxygen atoms in total. The van der Waals surface area contributed by atoms with Gasteiger partial charge < -0.3 is 19.7 Å². The van der Waals surface area contributed by atoms with Crippen LogP contribution in [0.3, 0.4) is 0 Å². The minimum absolute atomic E-state index is 0.113. The molecule has 0 radical (unpaired) electrons. The molecular formula is C17H17Cl2N2O3+. The number of nitrogens with one attached hydrogen (secondary N) is 2. The first-order valence-electron chi connectivity index (χ1n) is 7.46.